The number of pyridine rings is 1. The summed E-state index contributed by atoms with van der Waals surface area (Å²) in [5.41, 5.74) is 2.94. The highest BCUT2D eigenvalue weighted by Gasteiger charge is 2.17. The van der Waals surface area contributed by atoms with Crippen LogP contribution < -0.4 is 4.90 Å². The van der Waals surface area contributed by atoms with Crippen molar-refractivity contribution in [1.82, 2.24) is 4.98 Å². The maximum atomic E-state index is 9.43. The molecule has 4 nitrogen and oxygen atoms in total. The van der Waals surface area contributed by atoms with E-state index in [1.165, 1.54) is 18.4 Å². The van der Waals surface area contributed by atoms with E-state index in [0.717, 1.165) is 18.5 Å². The van der Waals surface area contributed by atoms with Crippen LogP contribution in [0.2, 0.25) is 0 Å². The number of likely N-dealkylation sites (N-methyl/N-ethyl adjacent to an activating group) is 1. The first kappa shape index (κ1) is 12.8. The van der Waals surface area contributed by atoms with Crippen LogP contribution in [-0.2, 0) is 12.8 Å². The van der Waals surface area contributed by atoms with Gasteiger partial charge in [0.05, 0.1) is 11.7 Å². The number of aliphatic hydroxyl groups is 1. The van der Waals surface area contributed by atoms with Crippen molar-refractivity contribution in [3.63, 3.8) is 0 Å². The monoisotopic (exact) mass is 245 g/mol. The number of hydrogen-bond acceptors (Lipinski definition) is 4. The number of aryl methyl sites for hydroxylation is 2. The third-order valence-electron chi connectivity index (χ3n) is 3.30. The molecule has 4 heteroatoms. The van der Waals surface area contributed by atoms with Crippen LogP contribution >= 0.6 is 0 Å². The second-order valence-corrected chi connectivity index (χ2v) is 5.01. The lowest BCUT2D eigenvalue weighted by atomic mass is 9.95. The Kier molecular flexibility index (Phi) is 3.83. The van der Waals surface area contributed by atoms with Gasteiger partial charge in [-0.05, 0) is 44.2 Å². The summed E-state index contributed by atoms with van der Waals surface area (Å²) in [6, 6.07) is 4.18. The van der Waals surface area contributed by atoms with Gasteiger partial charge in [0.1, 0.15) is 11.9 Å². The molecule has 1 aliphatic rings. The molecular weight excluding hydrogens is 226 g/mol. The topological polar surface area (TPSA) is 60.1 Å². The van der Waals surface area contributed by atoms with Crippen molar-refractivity contribution in [2.75, 3.05) is 18.5 Å². The fraction of sp³-hybridized carbons (Fsp3) is 0.571. The fourth-order valence-electron chi connectivity index (χ4n) is 2.48. The normalized spacial score (nSPS) is 15.7. The third kappa shape index (κ3) is 2.62. The Balaban J connectivity index is 2.37. The number of fused-ring (bicyclic) bond motifs is 1. The molecular formula is C14H19N3O. The summed E-state index contributed by atoms with van der Waals surface area (Å²) >= 11 is 0. The van der Waals surface area contributed by atoms with Crippen molar-refractivity contribution in [3.8, 4) is 6.07 Å². The number of rotatable bonds is 3. The minimum absolute atomic E-state index is 0.431. The lowest BCUT2D eigenvalue weighted by Gasteiger charge is -2.24. The Morgan fingerprint density at radius 2 is 2.22 bits per heavy atom. The van der Waals surface area contributed by atoms with E-state index in [4.69, 9.17) is 0 Å². The second kappa shape index (κ2) is 5.36. The predicted molar refractivity (Wildman–Crippen MR) is 70.5 cm³/mol. The van der Waals surface area contributed by atoms with Gasteiger partial charge in [-0.1, -0.05) is 0 Å². The van der Waals surface area contributed by atoms with E-state index in [9.17, 15) is 10.4 Å². The molecule has 0 saturated heterocycles. The largest absolute Gasteiger partial charge is 0.392 e. The summed E-state index contributed by atoms with van der Waals surface area (Å²) in [6.45, 7) is 2.22. The molecule has 1 atom stereocenters. The first-order valence-corrected chi connectivity index (χ1v) is 6.44. The Bertz CT molecular complexity index is 477. The molecule has 0 amide bonds. The molecule has 0 radical (unpaired) electrons. The first-order chi connectivity index (χ1) is 8.61. The molecule has 0 spiro atoms. The van der Waals surface area contributed by atoms with E-state index in [-0.39, 0.29) is 0 Å². The molecule has 0 fully saturated rings. The number of anilines is 1. The van der Waals surface area contributed by atoms with Crippen molar-refractivity contribution in [3.05, 3.63) is 22.9 Å². The number of nitrogens with zero attached hydrogens (tertiary/aromatic N) is 3. The highest BCUT2D eigenvalue weighted by atomic mass is 16.3. The van der Waals surface area contributed by atoms with Gasteiger partial charge >= 0.3 is 0 Å². The second-order valence-electron chi connectivity index (χ2n) is 5.01. The van der Waals surface area contributed by atoms with Crippen molar-refractivity contribution < 1.29 is 5.11 Å². The van der Waals surface area contributed by atoms with E-state index in [2.05, 4.69) is 11.1 Å². The van der Waals surface area contributed by atoms with Gasteiger partial charge in [0.2, 0.25) is 0 Å². The summed E-state index contributed by atoms with van der Waals surface area (Å²) in [4.78, 5) is 6.49. The number of aliphatic hydroxyl groups excluding tert-OH is 1. The lowest BCUT2D eigenvalue weighted by molar-refractivity contribution is 0.201. The third-order valence-corrected chi connectivity index (χ3v) is 3.30. The zero-order valence-electron chi connectivity index (χ0n) is 11.0. The Hall–Kier alpha value is -1.60. The van der Waals surface area contributed by atoms with E-state index >= 15 is 0 Å². The smallest absolute Gasteiger partial charge is 0.146 e. The molecule has 0 aromatic carbocycles. The summed E-state index contributed by atoms with van der Waals surface area (Å²) in [6.07, 6.45) is 3.95. The molecule has 0 bridgehead atoms. The van der Waals surface area contributed by atoms with Gasteiger partial charge in [0.25, 0.3) is 0 Å². The maximum Gasteiger partial charge on any atom is 0.146 e. The molecule has 1 aromatic rings. The minimum atomic E-state index is -0.431. The molecule has 2 rings (SSSR count). The molecule has 0 saturated carbocycles. The highest BCUT2D eigenvalue weighted by Crippen LogP contribution is 2.25. The van der Waals surface area contributed by atoms with Crippen LogP contribution in [0.3, 0.4) is 0 Å². The SMILES string of the molecule is CC(O)CN(C)c1nc2c(cc1C#N)CCCC2. The molecule has 1 N–H and O–H groups in total. The predicted octanol–water partition coefficient (Wildman–Crippen LogP) is 1.65. The van der Waals surface area contributed by atoms with Crippen LogP contribution in [0.25, 0.3) is 0 Å². The number of nitriles is 1. The fourth-order valence-corrected chi connectivity index (χ4v) is 2.48. The maximum absolute atomic E-state index is 9.43. The zero-order chi connectivity index (χ0) is 13.1. The van der Waals surface area contributed by atoms with Gasteiger partial charge in [0, 0.05) is 19.3 Å². The minimum Gasteiger partial charge on any atom is -0.392 e. The Labute approximate surface area is 108 Å². The Morgan fingerprint density at radius 3 is 2.89 bits per heavy atom. The summed E-state index contributed by atoms with van der Waals surface area (Å²) in [7, 11) is 1.87. The van der Waals surface area contributed by atoms with Gasteiger partial charge < -0.3 is 10.0 Å². The molecule has 1 aliphatic carbocycles. The molecule has 1 unspecified atom stereocenters. The molecule has 1 aromatic heterocycles. The lowest BCUT2D eigenvalue weighted by Crippen LogP contribution is -2.29. The summed E-state index contributed by atoms with van der Waals surface area (Å²) < 4.78 is 0. The molecule has 1 heterocycles. The zero-order valence-corrected chi connectivity index (χ0v) is 11.0. The quantitative estimate of drug-likeness (QED) is 0.879. The van der Waals surface area contributed by atoms with E-state index < -0.39 is 6.10 Å². The van der Waals surface area contributed by atoms with Gasteiger partial charge in [-0.25, -0.2) is 4.98 Å². The summed E-state index contributed by atoms with van der Waals surface area (Å²) in [5.74, 6) is 0.694. The van der Waals surface area contributed by atoms with Gasteiger partial charge in [0.15, 0.2) is 0 Å². The van der Waals surface area contributed by atoms with Gasteiger partial charge in [-0.3, -0.25) is 0 Å². The van der Waals surface area contributed by atoms with Crippen molar-refractivity contribution in [1.29, 1.82) is 5.26 Å². The van der Waals surface area contributed by atoms with E-state index in [0.29, 0.717) is 17.9 Å². The van der Waals surface area contributed by atoms with E-state index in [1.807, 2.05) is 18.0 Å². The number of hydrogen-bond donors (Lipinski definition) is 1. The number of aromatic nitrogens is 1. The van der Waals surface area contributed by atoms with Crippen molar-refractivity contribution in [2.45, 2.75) is 38.7 Å². The molecule has 96 valence electrons. The van der Waals surface area contributed by atoms with E-state index in [1.54, 1.807) is 6.92 Å². The van der Waals surface area contributed by atoms with Crippen LogP contribution in [-0.4, -0.2) is 29.8 Å². The van der Waals surface area contributed by atoms with Crippen molar-refractivity contribution in [2.24, 2.45) is 0 Å². The van der Waals surface area contributed by atoms with Crippen LogP contribution in [0, 0.1) is 11.3 Å². The van der Waals surface area contributed by atoms with Crippen molar-refractivity contribution >= 4 is 5.82 Å². The van der Waals surface area contributed by atoms with Crippen LogP contribution in [0.5, 0.6) is 0 Å². The molecule has 18 heavy (non-hydrogen) atoms. The van der Waals surface area contributed by atoms with Crippen LogP contribution in [0.1, 0.15) is 36.6 Å². The molecule has 0 aliphatic heterocycles. The first-order valence-electron chi connectivity index (χ1n) is 6.44. The Morgan fingerprint density at radius 1 is 1.50 bits per heavy atom. The van der Waals surface area contributed by atoms with Crippen LogP contribution in [0.15, 0.2) is 6.07 Å². The highest BCUT2D eigenvalue weighted by molar-refractivity contribution is 5.56. The average molecular weight is 245 g/mol. The van der Waals surface area contributed by atoms with Gasteiger partial charge in [-0.15, -0.1) is 0 Å². The average Bonchev–Trinajstić information content (AvgIpc) is 2.36. The van der Waals surface area contributed by atoms with Crippen LogP contribution in [0.4, 0.5) is 5.82 Å². The standard InChI is InChI=1S/C14H19N3O/c1-10(18)9-17(2)14-12(8-15)7-11-5-3-4-6-13(11)16-14/h7,10,18H,3-6,9H2,1-2H3. The summed E-state index contributed by atoms with van der Waals surface area (Å²) in [5, 5.41) is 18.7. The van der Waals surface area contributed by atoms with Gasteiger partial charge in [-0.2, -0.15) is 5.26 Å².